The average Bonchev–Trinajstić information content (AvgIpc) is 2.66. The van der Waals surface area contributed by atoms with Gasteiger partial charge in [0.05, 0.1) is 0 Å². The lowest BCUT2D eigenvalue weighted by atomic mass is 9.73. The van der Waals surface area contributed by atoms with E-state index in [1.54, 1.807) is 0 Å². The summed E-state index contributed by atoms with van der Waals surface area (Å²) in [5.41, 5.74) is 4.13. The molecule has 0 bridgehead atoms. The number of benzene rings is 2. The van der Waals surface area contributed by atoms with Crippen LogP contribution in [-0.2, 0) is 5.41 Å². The third kappa shape index (κ3) is 6.20. The van der Waals surface area contributed by atoms with Crippen LogP contribution in [0.3, 0.4) is 0 Å². The highest BCUT2D eigenvalue weighted by Crippen LogP contribution is 2.38. The minimum Gasteiger partial charge on any atom is -0.0952 e. The molecule has 0 saturated carbocycles. The average molecular weight is 335 g/mol. The molecule has 0 aliphatic carbocycles. The summed E-state index contributed by atoms with van der Waals surface area (Å²) >= 11 is 0. The molecule has 0 amide bonds. The molecule has 2 aromatic carbocycles. The largest absolute Gasteiger partial charge is 0.0952 e. The van der Waals surface area contributed by atoms with Crippen LogP contribution in [0, 0.1) is 0 Å². The molecule has 0 fully saturated rings. The van der Waals surface area contributed by atoms with Crippen molar-refractivity contribution < 1.29 is 0 Å². The Balaban J connectivity index is 2.03. The molecule has 0 radical (unpaired) electrons. The summed E-state index contributed by atoms with van der Waals surface area (Å²) in [4.78, 5) is 0. The minimum atomic E-state index is 0.166. The van der Waals surface area contributed by atoms with Crippen molar-refractivity contribution in [1.29, 1.82) is 0 Å². The minimum absolute atomic E-state index is 0.166. The summed E-state index contributed by atoms with van der Waals surface area (Å²) in [5, 5.41) is 0. The first-order chi connectivity index (χ1) is 12.2. The van der Waals surface area contributed by atoms with E-state index in [9.17, 15) is 0 Å². The number of hydrogen-bond acceptors (Lipinski definition) is 0. The van der Waals surface area contributed by atoms with Crippen molar-refractivity contribution in [2.45, 2.75) is 70.6 Å². The Hall–Kier alpha value is -1.82. The molecule has 2 aromatic rings. The standard InChI is InChI=1S/C25H34/c1-4-5-6-7-8-15-20-25(3,24-18-13-10-14-19-24)21-22(2)23-16-11-9-12-17-23/h9-14,16-19H,2,4-8,15,20-21H2,1,3H3. The summed E-state index contributed by atoms with van der Waals surface area (Å²) < 4.78 is 0. The fourth-order valence-electron chi connectivity index (χ4n) is 3.72. The van der Waals surface area contributed by atoms with Gasteiger partial charge in [0.1, 0.15) is 0 Å². The molecule has 0 saturated heterocycles. The van der Waals surface area contributed by atoms with E-state index in [-0.39, 0.29) is 5.41 Å². The second-order valence-electron chi connectivity index (χ2n) is 7.59. The van der Waals surface area contributed by atoms with Crippen molar-refractivity contribution >= 4 is 5.57 Å². The summed E-state index contributed by atoms with van der Waals surface area (Å²) in [6.07, 6.45) is 10.4. The summed E-state index contributed by atoms with van der Waals surface area (Å²) in [6.45, 7) is 9.10. The highest BCUT2D eigenvalue weighted by molar-refractivity contribution is 5.64. The van der Waals surface area contributed by atoms with Gasteiger partial charge in [0.15, 0.2) is 0 Å². The molecule has 0 aliphatic heterocycles. The van der Waals surface area contributed by atoms with Gasteiger partial charge in [0, 0.05) is 0 Å². The van der Waals surface area contributed by atoms with E-state index < -0.39 is 0 Å². The lowest BCUT2D eigenvalue weighted by Crippen LogP contribution is -2.22. The number of hydrogen-bond donors (Lipinski definition) is 0. The zero-order valence-electron chi connectivity index (χ0n) is 16.1. The maximum Gasteiger partial charge on any atom is -0.00349 e. The Morgan fingerprint density at radius 3 is 2.00 bits per heavy atom. The molecule has 134 valence electrons. The van der Waals surface area contributed by atoms with Crippen LogP contribution in [0.2, 0.25) is 0 Å². The topological polar surface area (TPSA) is 0 Å². The third-order valence-corrected chi connectivity index (χ3v) is 5.34. The molecule has 0 spiro atoms. The number of unbranched alkanes of at least 4 members (excludes halogenated alkanes) is 5. The van der Waals surface area contributed by atoms with Gasteiger partial charge in [0.2, 0.25) is 0 Å². The summed E-state index contributed by atoms with van der Waals surface area (Å²) in [5.74, 6) is 0. The Morgan fingerprint density at radius 1 is 0.800 bits per heavy atom. The van der Waals surface area contributed by atoms with Crippen LogP contribution in [0.15, 0.2) is 67.2 Å². The molecule has 0 nitrogen and oxygen atoms in total. The zero-order valence-corrected chi connectivity index (χ0v) is 16.1. The predicted octanol–water partition coefficient (Wildman–Crippen LogP) is 7.80. The van der Waals surface area contributed by atoms with E-state index >= 15 is 0 Å². The predicted molar refractivity (Wildman–Crippen MR) is 112 cm³/mol. The molecule has 0 N–H and O–H groups in total. The second-order valence-corrected chi connectivity index (χ2v) is 7.59. The first-order valence-electron chi connectivity index (χ1n) is 9.94. The van der Waals surface area contributed by atoms with Crippen LogP contribution in [0.4, 0.5) is 0 Å². The lowest BCUT2D eigenvalue weighted by Gasteiger charge is -2.31. The van der Waals surface area contributed by atoms with E-state index in [0.29, 0.717) is 0 Å². The molecule has 0 heterocycles. The van der Waals surface area contributed by atoms with Gasteiger partial charge in [-0.25, -0.2) is 0 Å². The van der Waals surface area contributed by atoms with Gasteiger partial charge in [-0.15, -0.1) is 0 Å². The van der Waals surface area contributed by atoms with Crippen LogP contribution in [0.25, 0.3) is 5.57 Å². The Bertz CT molecular complexity index is 611. The van der Waals surface area contributed by atoms with Crippen molar-refractivity contribution in [1.82, 2.24) is 0 Å². The van der Waals surface area contributed by atoms with Gasteiger partial charge in [-0.2, -0.15) is 0 Å². The van der Waals surface area contributed by atoms with Crippen LogP contribution in [0.1, 0.15) is 76.3 Å². The third-order valence-electron chi connectivity index (χ3n) is 5.34. The van der Waals surface area contributed by atoms with E-state index in [2.05, 4.69) is 81.1 Å². The van der Waals surface area contributed by atoms with Crippen molar-refractivity contribution in [2.75, 3.05) is 0 Å². The van der Waals surface area contributed by atoms with Gasteiger partial charge in [-0.05, 0) is 35.0 Å². The first kappa shape index (κ1) is 19.5. The fourth-order valence-corrected chi connectivity index (χ4v) is 3.72. The highest BCUT2D eigenvalue weighted by atomic mass is 14.3. The van der Waals surface area contributed by atoms with Gasteiger partial charge in [-0.1, -0.05) is 120 Å². The van der Waals surface area contributed by atoms with Crippen molar-refractivity contribution in [2.24, 2.45) is 0 Å². The molecule has 0 aliphatic rings. The first-order valence-corrected chi connectivity index (χ1v) is 9.94. The van der Waals surface area contributed by atoms with E-state index in [1.807, 2.05) is 0 Å². The van der Waals surface area contributed by atoms with Gasteiger partial charge < -0.3 is 0 Å². The molecule has 0 aromatic heterocycles. The van der Waals surface area contributed by atoms with E-state index in [0.717, 1.165) is 6.42 Å². The normalized spacial score (nSPS) is 13.4. The number of allylic oxidation sites excluding steroid dienone is 1. The monoisotopic (exact) mass is 334 g/mol. The van der Waals surface area contributed by atoms with Crippen LogP contribution in [0.5, 0.6) is 0 Å². The Kier molecular flexibility index (Phi) is 7.98. The quantitative estimate of drug-likeness (QED) is 0.368. The molecule has 1 atom stereocenters. The van der Waals surface area contributed by atoms with Crippen LogP contribution in [-0.4, -0.2) is 0 Å². The van der Waals surface area contributed by atoms with Crippen molar-refractivity contribution in [3.63, 3.8) is 0 Å². The maximum absolute atomic E-state index is 4.40. The van der Waals surface area contributed by atoms with Gasteiger partial charge in [-0.3, -0.25) is 0 Å². The van der Waals surface area contributed by atoms with Crippen LogP contribution >= 0.6 is 0 Å². The van der Waals surface area contributed by atoms with Gasteiger partial charge in [0.25, 0.3) is 0 Å². The molecule has 0 heteroatoms. The second kappa shape index (κ2) is 10.2. The van der Waals surface area contributed by atoms with Crippen LogP contribution < -0.4 is 0 Å². The maximum atomic E-state index is 4.40. The molecule has 25 heavy (non-hydrogen) atoms. The smallest absolute Gasteiger partial charge is 0.00349 e. The van der Waals surface area contributed by atoms with Crippen molar-refractivity contribution in [3.05, 3.63) is 78.4 Å². The van der Waals surface area contributed by atoms with E-state index in [4.69, 9.17) is 0 Å². The SMILES string of the molecule is C=C(CC(C)(CCCCCCCC)c1ccccc1)c1ccccc1. The lowest BCUT2D eigenvalue weighted by molar-refractivity contribution is 0.415. The fraction of sp³-hybridized carbons (Fsp3) is 0.440. The summed E-state index contributed by atoms with van der Waals surface area (Å²) in [6, 6.07) is 21.7. The zero-order chi connectivity index (χ0) is 18.0. The van der Waals surface area contributed by atoms with Crippen molar-refractivity contribution in [3.8, 4) is 0 Å². The molecular weight excluding hydrogens is 300 g/mol. The molecule has 1 unspecified atom stereocenters. The van der Waals surface area contributed by atoms with E-state index in [1.165, 1.54) is 61.6 Å². The Morgan fingerprint density at radius 2 is 1.36 bits per heavy atom. The molecule has 2 rings (SSSR count). The summed E-state index contributed by atoms with van der Waals surface area (Å²) in [7, 11) is 0. The molecular formula is C25H34. The Labute approximate surface area is 155 Å². The number of rotatable bonds is 11. The highest BCUT2D eigenvalue weighted by Gasteiger charge is 2.27. The van der Waals surface area contributed by atoms with Gasteiger partial charge >= 0.3 is 0 Å².